The second kappa shape index (κ2) is 7.83. The molecule has 25 heavy (non-hydrogen) atoms. The first kappa shape index (κ1) is 17.0. The van der Waals surface area contributed by atoms with Gasteiger partial charge in [0.1, 0.15) is 11.6 Å². The lowest BCUT2D eigenvalue weighted by Crippen LogP contribution is -2.32. The van der Waals surface area contributed by atoms with Crippen molar-refractivity contribution < 1.29 is 9.53 Å². The smallest absolute Gasteiger partial charge is 0.258 e. The highest BCUT2D eigenvalue weighted by Crippen LogP contribution is 2.21. The summed E-state index contributed by atoms with van der Waals surface area (Å²) < 4.78 is 7.68. The van der Waals surface area contributed by atoms with Gasteiger partial charge < -0.3 is 14.6 Å². The van der Waals surface area contributed by atoms with Crippen LogP contribution in [0.3, 0.4) is 0 Å². The molecule has 0 aliphatic carbocycles. The number of carbonyl (C=O) groups excluding carboxylic acids is 1. The quantitative estimate of drug-likeness (QED) is 0.715. The number of hydrogen-bond acceptors (Lipinski definition) is 3. The third-order valence-corrected chi connectivity index (χ3v) is 4.01. The molecule has 5 nitrogen and oxygen atoms in total. The number of ether oxygens (including phenoxy) is 1. The molecule has 0 aliphatic rings. The van der Waals surface area contributed by atoms with Crippen LogP contribution in [0, 0.1) is 0 Å². The summed E-state index contributed by atoms with van der Waals surface area (Å²) >= 11 is 0. The minimum absolute atomic E-state index is 0.0115. The van der Waals surface area contributed by atoms with Crippen molar-refractivity contribution in [3.8, 4) is 5.75 Å². The molecule has 3 rings (SSSR count). The predicted octanol–water partition coefficient (Wildman–Crippen LogP) is 3.70. The standard InChI is InChI=1S/C20H23N3O2/c1-3-13-23-18-12-8-7-11-17(18)22-20(23)15(2)21-19(24)14-25-16-9-5-4-6-10-16/h4-12,15H,3,13-14H2,1-2H3,(H,21,24)/t15-/m1/s1. The minimum Gasteiger partial charge on any atom is -0.484 e. The number of aromatic nitrogens is 2. The maximum absolute atomic E-state index is 12.2. The van der Waals surface area contributed by atoms with E-state index in [9.17, 15) is 4.79 Å². The summed E-state index contributed by atoms with van der Waals surface area (Å²) in [5.74, 6) is 1.39. The Labute approximate surface area is 147 Å². The summed E-state index contributed by atoms with van der Waals surface area (Å²) in [6, 6.07) is 17.2. The zero-order chi connectivity index (χ0) is 17.6. The van der Waals surface area contributed by atoms with Crippen molar-refractivity contribution in [3.05, 3.63) is 60.4 Å². The average Bonchev–Trinajstić information content (AvgIpc) is 3.00. The number of nitrogens with zero attached hydrogens (tertiary/aromatic N) is 2. The Morgan fingerprint density at radius 3 is 2.64 bits per heavy atom. The third-order valence-electron chi connectivity index (χ3n) is 4.01. The zero-order valence-corrected chi connectivity index (χ0v) is 14.6. The van der Waals surface area contributed by atoms with Gasteiger partial charge in [0, 0.05) is 6.54 Å². The van der Waals surface area contributed by atoms with Crippen molar-refractivity contribution in [2.45, 2.75) is 32.9 Å². The fourth-order valence-electron chi connectivity index (χ4n) is 2.90. The lowest BCUT2D eigenvalue weighted by Gasteiger charge is -2.16. The first-order valence-electron chi connectivity index (χ1n) is 8.61. The number of amides is 1. The Kier molecular flexibility index (Phi) is 5.33. The number of carbonyl (C=O) groups is 1. The molecule has 130 valence electrons. The molecule has 1 amide bonds. The van der Waals surface area contributed by atoms with Crippen molar-refractivity contribution in [1.29, 1.82) is 0 Å². The molecule has 0 fully saturated rings. The number of rotatable bonds is 7. The summed E-state index contributed by atoms with van der Waals surface area (Å²) in [5, 5.41) is 2.98. The van der Waals surface area contributed by atoms with Crippen LogP contribution in [-0.4, -0.2) is 22.1 Å². The molecule has 0 saturated heterocycles. The second-order valence-corrected chi connectivity index (χ2v) is 6.00. The van der Waals surface area contributed by atoms with Crippen LogP contribution in [-0.2, 0) is 11.3 Å². The number of aryl methyl sites for hydroxylation is 1. The number of hydrogen-bond donors (Lipinski definition) is 1. The molecular formula is C20H23N3O2. The highest BCUT2D eigenvalue weighted by molar-refractivity contribution is 5.79. The SMILES string of the molecule is CCCn1c([C@@H](C)NC(=O)COc2ccccc2)nc2ccccc21. The fourth-order valence-corrected chi connectivity index (χ4v) is 2.90. The van der Waals surface area contributed by atoms with Crippen LogP contribution < -0.4 is 10.1 Å². The number of fused-ring (bicyclic) bond motifs is 1. The Hall–Kier alpha value is -2.82. The van der Waals surface area contributed by atoms with Crippen molar-refractivity contribution in [1.82, 2.24) is 14.9 Å². The summed E-state index contributed by atoms with van der Waals surface area (Å²) in [5.41, 5.74) is 2.05. The van der Waals surface area contributed by atoms with E-state index in [2.05, 4.69) is 22.9 Å². The molecule has 0 saturated carbocycles. The molecule has 3 aromatic rings. The third kappa shape index (κ3) is 3.99. The largest absolute Gasteiger partial charge is 0.484 e. The lowest BCUT2D eigenvalue weighted by atomic mass is 10.3. The van der Waals surface area contributed by atoms with Gasteiger partial charge >= 0.3 is 0 Å². The topological polar surface area (TPSA) is 56.2 Å². The zero-order valence-electron chi connectivity index (χ0n) is 14.6. The number of imidazole rings is 1. The van der Waals surface area contributed by atoms with Crippen LogP contribution in [0.15, 0.2) is 54.6 Å². The van der Waals surface area contributed by atoms with E-state index in [0.717, 1.165) is 29.8 Å². The van der Waals surface area contributed by atoms with E-state index in [-0.39, 0.29) is 18.6 Å². The molecule has 2 aromatic carbocycles. The van der Waals surface area contributed by atoms with Gasteiger partial charge in [0.05, 0.1) is 17.1 Å². The molecule has 0 spiro atoms. The monoisotopic (exact) mass is 337 g/mol. The van der Waals surface area contributed by atoms with Crippen LogP contribution in [0.25, 0.3) is 11.0 Å². The van der Waals surface area contributed by atoms with Gasteiger partial charge in [-0.05, 0) is 37.6 Å². The van der Waals surface area contributed by atoms with Gasteiger partial charge in [0.15, 0.2) is 6.61 Å². The van der Waals surface area contributed by atoms with Gasteiger partial charge in [-0.25, -0.2) is 4.98 Å². The van der Waals surface area contributed by atoms with Crippen molar-refractivity contribution in [2.75, 3.05) is 6.61 Å². The summed E-state index contributed by atoms with van der Waals surface area (Å²) in [7, 11) is 0. The maximum atomic E-state index is 12.2. The first-order chi connectivity index (χ1) is 12.2. The van der Waals surface area contributed by atoms with Gasteiger partial charge in [-0.3, -0.25) is 4.79 Å². The molecule has 0 radical (unpaired) electrons. The van der Waals surface area contributed by atoms with Gasteiger partial charge in [0.2, 0.25) is 0 Å². The minimum atomic E-state index is -0.189. The van der Waals surface area contributed by atoms with E-state index < -0.39 is 0 Å². The molecule has 0 unspecified atom stereocenters. The van der Waals surface area contributed by atoms with Crippen LogP contribution in [0.4, 0.5) is 0 Å². The predicted molar refractivity (Wildman–Crippen MR) is 98.5 cm³/mol. The van der Waals surface area contributed by atoms with E-state index in [4.69, 9.17) is 9.72 Å². The molecule has 0 aliphatic heterocycles. The van der Waals surface area contributed by atoms with Crippen molar-refractivity contribution in [2.24, 2.45) is 0 Å². The van der Waals surface area contributed by atoms with Gasteiger partial charge in [-0.2, -0.15) is 0 Å². The molecule has 1 heterocycles. The van der Waals surface area contributed by atoms with Crippen LogP contribution in [0.5, 0.6) is 5.75 Å². The highest BCUT2D eigenvalue weighted by Gasteiger charge is 2.18. The number of nitrogens with one attached hydrogen (secondary N) is 1. The van der Waals surface area contributed by atoms with Gasteiger partial charge in [0.25, 0.3) is 5.91 Å². The summed E-state index contributed by atoms with van der Waals surface area (Å²) in [4.78, 5) is 16.9. The van der Waals surface area contributed by atoms with Crippen LogP contribution >= 0.6 is 0 Å². The molecule has 1 aromatic heterocycles. The average molecular weight is 337 g/mol. The van der Waals surface area contributed by atoms with Crippen LogP contribution in [0.1, 0.15) is 32.1 Å². The van der Waals surface area contributed by atoms with Gasteiger partial charge in [-0.15, -0.1) is 0 Å². The Balaban J connectivity index is 1.70. The van der Waals surface area contributed by atoms with E-state index in [1.165, 1.54) is 0 Å². The highest BCUT2D eigenvalue weighted by atomic mass is 16.5. The van der Waals surface area contributed by atoms with Crippen molar-refractivity contribution >= 4 is 16.9 Å². The molecule has 5 heteroatoms. The maximum Gasteiger partial charge on any atom is 0.258 e. The number of benzene rings is 2. The lowest BCUT2D eigenvalue weighted by molar-refractivity contribution is -0.123. The van der Waals surface area contributed by atoms with E-state index >= 15 is 0 Å². The summed E-state index contributed by atoms with van der Waals surface area (Å²) in [6.45, 7) is 4.95. The van der Waals surface area contributed by atoms with E-state index in [1.54, 1.807) is 0 Å². The molecule has 0 bridgehead atoms. The molecule has 1 atom stereocenters. The first-order valence-corrected chi connectivity index (χ1v) is 8.61. The van der Waals surface area contributed by atoms with E-state index in [0.29, 0.717) is 5.75 Å². The molecular weight excluding hydrogens is 314 g/mol. The van der Waals surface area contributed by atoms with Gasteiger partial charge in [-0.1, -0.05) is 37.3 Å². The summed E-state index contributed by atoms with van der Waals surface area (Å²) in [6.07, 6.45) is 1.01. The van der Waals surface area contributed by atoms with Crippen LogP contribution in [0.2, 0.25) is 0 Å². The molecule has 1 N–H and O–H groups in total. The number of para-hydroxylation sites is 3. The Morgan fingerprint density at radius 2 is 1.88 bits per heavy atom. The second-order valence-electron chi connectivity index (χ2n) is 6.00. The Morgan fingerprint density at radius 1 is 1.16 bits per heavy atom. The normalized spacial score (nSPS) is 12.1. The fraction of sp³-hybridized carbons (Fsp3) is 0.300. The van der Waals surface area contributed by atoms with E-state index in [1.807, 2.05) is 55.5 Å². The Bertz CT molecular complexity index is 843. The van der Waals surface area contributed by atoms with Crippen molar-refractivity contribution in [3.63, 3.8) is 0 Å².